The fourth-order valence-corrected chi connectivity index (χ4v) is 2.20. The summed E-state index contributed by atoms with van der Waals surface area (Å²) in [4.78, 5) is 13.8. The first kappa shape index (κ1) is 13.9. The van der Waals surface area contributed by atoms with Gasteiger partial charge in [-0.25, -0.2) is 0 Å². The molecule has 0 spiro atoms. The van der Waals surface area contributed by atoms with Crippen LogP contribution in [0.5, 0.6) is 0 Å². The summed E-state index contributed by atoms with van der Waals surface area (Å²) in [5.41, 5.74) is 1.04. The van der Waals surface area contributed by atoms with Crippen LogP contribution < -0.4 is 0 Å². The fourth-order valence-electron chi connectivity index (χ4n) is 2.00. The highest BCUT2D eigenvalue weighted by Crippen LogP contribution is 2.16. The Kier molecular flexibility index (Phi) is 4.43. The van der Waals surface area contributed by atoms with Crippen LogP contribution in [0.4, 0.5) is 0 Å². The van der Waals surface area contributed by atoms with E-state index in [1.54, 1.807) is 11.9 Å². The van der Waals surface area contributed by atoms with E-state index in [2.05, 4.69) is 24.3 Å². The number of carbonyl (C=O) groups is 1. The van der Waals surface area contributed by atoms with Gasteiger partial charge in [-0.2, -0.15) is 0 Å². The molecule has 0 aromatic heterocycles. The van der Waals surface area contributed by atoms with Gasteiger partial charge < -0.3 is 4.90 Å². The van der Waals surface area contributed by atoms with Gasteiger partial charge in [0.1, 0.15) is 0 Å². The topological polar surface area (TPSA) is 20.3 Å². The Hall–Kier alpha value is -1.54. The molecule has 2 rings (SSSR count). The highest BCUT2D eigenvalue weighted by molar-refractivity contribution is 6.18. The number of alkyl halides is 1. The lowest BCUT2D eigenvalue weighted by Gasteiger charge is -2.23. The van der Waals surface area contributed by atoms with Crippen molar-refractivity contribution in [3.8, 4) is 0 Å². The predicted octanol–water partition coefficient (Wildman–Crippen LogP) is 3.47. The van der Waals surface area contributed by atoms with Crippen molar-refractivity contribution in [2.45, 2.75) is 19.4 Å². The number of benzene rings is 2. The van der Waals surface area contributed by atoms with E-state index < -0.39 is 0 Å². The monoisotopic (exact) mass is 275 g/mol. The van der Waals surface area contributed by atoms with E-state index in [1.165, 1.54) is 10.8 Å². The maximum Gasteiger partial charge on any atom is 0.227 e. The summed E-state index contributed by atoms with van der Waals surface area (Å²) in [6.07, 6.45) is 0.419. The number of amides is 1. The third-order valence-electron chi connectivity index (χ3n) is 3.45. The Bertz CT molecular complexity index is 582. The first-order chi connectivity index (χ1) is 9.11. The molecular formula is C16H18ClNO. The molecule has 2 aromatic carbocycles. The summed E-state index contributed by atoms with van der Waals surface area (Å²) < 4.78 is 0. The summed E-state index contributed by atoms with van der Waals surface area (Å²) in [5, 5.41) is 2.36. The third kappa shape index (κ3) is 3.27. The van der Waals surface area contributed by atoms with Crippen LogP contribution in [0.15, 0.2) is 42.5 Å². The molecule has 0 radical (unpaired) electrons. The van der Waals surface area contributed by atoms with Gasteiger partial charge in [-0.05, 0) is 23.3 Å². The number of nitrogens with zero attached hydrogens (tertiary/aromatic N) is 1. The molecule has 100 valence electrons. The minimum Gasteiger partial charge on any atom is -0.342 e. The lowest BCUT2D eigenvalue weighted by Crippen LogP contribution is -2.37. The molecule has 0 aliphatic heterocycles. The molecule has 1 atom stereocenters. The third-order valence-corrected chi connectivity index (χ3v) is 3.89. The average Bonchev–Trinajstić information content (AvgIpc) is 2.45. The predicted molar refractivity (Wildman–Crippen MR) is 80.6 cm³/mol. The Balaban J connectivity index is 2.15. The number of hydrogen-bond acceptors (Lipinski definition) is 1. The van der Waals surface area contributed by atoms with Gasteiger partial charge in [-0.1, -0.05) is 42.5 Å². The van der Waals surface area contributed by atoms with Crippen LogP contribution in [0.2, 0.25) is 0 Å². The summed E-state index contributed by atoms with van der Waals surface area (Å²) in [5.74, 6) is 0.559. The van der Waals surface area contributed by atoms with E-state index in [4.69, 9.17) is 11.6 Å². The SMILES string of the molecule is CC(CCl)N(C)C(=O)Cc1ccc2ccccc2c1. The fraction of sp³-hybridized carbons (Fsp3) is 0.312. The lowest BCUT2D eigenvalue weighted by atomic mass is 10.0. The van der Waals surface area contributed by atoms with E-state index >= 15 is 0 Å². The lowest BCUT2D eigenvalue weighted by molar-refractivity contribution is -0.130. The standard InChI is InChI=1S/C16H18ClNO/c1-12(11-17)18(2)16(19)10-13-7-8-14-5-3-4-6-15(14)9-13/h3-9,12H,10-11H2,1-2H3. The zero-order valence-corrected chi connectivity index (χ0v) is 12.0. The quantitative estimate of drug-likeness (QED) is 0.783. The van der Waals surface area contributed by atoms with Gasteiger partial charge in [0.15, 0.2) is 0 Å². The van der Waals surface area contributed by atoms with Gasteiger partial charge >= 0.3 is 0 Å². The molecular weight excluding hydrogens is 258 g/mol. The molecule has 1 unspecified atom stereocenters. The van der Waals surface area contributed by atoms with Crippen molar-refractivity contribution >= 4 is 28.3 Å². The van der Waals surface area contributed by atoms with Crippen LogP contribution in [-0.4, -0.2) is 29.8 Å². The van der Waals surface area contributed by atoms with Crippen molar-refractivity contribution in [3.05, 3.63) is 48.0 Å². The van der Waals surface area contributed by atoms with Crippen LogP contribution in [0.25, 0.3) is 10.8 Å². The van der Waals surface area contributed by atoms with E-state index in [9.17, 15) is 4.79 Å². The van der Waals surface area contributed by atoms with Crippen LogP contribution in [0.3, 0.4) is 0 Å². The number of carbonyl (C=O) groups excluding carboxylic acids is 1. The molecule has 0 fully saturated rings. The number of rotatable bonds is 4. The molecule has 0 saturated heterocycles. The minimum absolute atomic E-state index is 0.0645. The normalized spacial score (nSPS) is 12.4. The van der Waals surface area contributed by atoms with E-state index in [1.807, 2.05) is 25.1 Å². The highest BCUT2D eigenvalue weighted by Gasteiger charge is 2.15. The average molecular weight is 276 g/mol. The molecule has 3 heteroatoms. The zero-order valence-electron chi connectivity index (χ0n) is 11.3. The Morgan fingerprint density at radius 2 is 1.89 bits per heavy atom. The number of fused-ring (bicyclic) bond motifs is 1. The molecule has 0 saturated carbocycles. The minimum atomic E-state index is 0.0645. The molecule has 2 nitrogen and oxygen atoms in total. The summed E-state index contributed by atoms with van der Waals surface area (Å²) in [7, 11) is 1.80. The number of halogens is 1. The van der Waals surface area contributed by atoms with Crippen molar-refractivity contribution in [1.82, 2.24) is 4.90 Å². The molecule has 0 bridgehead atoms. The van der Waals surface area contributed by atoms with E-state index in [0.29, 0.717) is 12.3 Å². The molecule has 1 amide bonds. The van der Waals surface area contributed by atoms with Crippen molar-refractivity contribution in [2.75, 3.05) is 12.9 Å². The number of likely N-dealkylation sites (N-methyl/N-ethyl adjacent to an activating group) is 1. The Morgan fingerprint density at radius 3 is 2.58 bits per heavy atom. The Labute approximate surface area is 119 Å². The second-order valence-corrected chi connectivity index (χ2v) is 5.17. The van der Waals surface area contributed by atoms with Gasteiger partial charge in [0.25, 0.3) is 0 Å². The summed E-state index contributed by atoms with van der Waals surface area (Å²) in [6.45, 7) is 1.95. The van der Waals surface area contributed by atoms with Crippen LogP contribution in [0.1, 0.15) is 12.5 Å². The zero-order chi connectivity index (χ0) is 13.8. The molecule has 0 heterocycles. The van der Waals surface area contributed by atoms with Crippen molar-refractivity contribution in [1.29, 1.82) is 0 Å². The first-order valence-electron chi connectivity index (χ1n) is 6.41. The van der Waals surface area contributed by atoms with Gasteiger partial charge in [0.2, 0.25) is 5.91 Å². The highest BCUT2D eigenvalue weighted by atomic mass is 35.5. The maximum absolute atomic E-state index is 12.1. The molecule has 2 aromatic rings. The van der Waals surface area contributed by atoms with Crippen LogP contribution in [-0.2, 0) is 11.2 Å². The molecule has 0 aliphatic rings. The van der Waals surface area contributed by atoms with Gasteiger partial charge in [-0.15, -0.1) is 11.6 Å². The second-order valence-electron chi connectivity index (χ2n) is 4.87. The van der Waals surface area contributed by atoms with Crippen LogP contribution >= 0.6 is 11.6 Å². The largest absolute Gasteiger partial charge is 0.342 e. The number of hydrogen-bond donors (Lipinski definition) is 0. The molecule has 0 N–H and O–H groups in total. The van der Waals surface area contributed by atoms with Crippen molar-refractivity contribution in [3.63, 3.8) is 0 Å². The summed E-state index contributed by atoms with van der Waals surface area (Å²) >= 11 is 5.78. The van der Waals surface area contributed by atoms with Gasteiger partial charge in [0, 0.05) is 19.0 Å². The Morgan fingerprint density at radius 1 is 1.21 bits per heavy atom. The first-order valence-corrected chi connectivity index (χ1v) is 6.94. The van der Waals surface area contributed by atoms with E-state index in [-0.39, 0.29) is 11.9 Å². The second kappa shape index (κ2) is 6.07. The van der Waals surface area contributed by atoms with Crippen molar-refractivity contribution < 1.29 is 4.79 Å². The van der Waals surface area contributed by atoms with Gasteiger partial charge in [-0.3, -0.25) is 4.79 Å². The van der Waals surface area contributed by atoms with E-state index in [0.717, 1.165) is 5.56 Å². The smallest absolute Gasteiger partial charge is 0.227 e. The van der Waals surface area contributed by atoms with Crippen LogP contribution in [0, 0.1) is 0 Å². The maximum atomic E-state index is 12.1. The molecule has 19 heavy (non-hydrogen) atoms. The van der Waals surface area contributed by atoms with Gasteiger partial charge in [0.05, 0.1) is 6.42 Å². The van der Waals surface area contributed by atoms with Crippen molar-refractivity contribution in [2.24, 2.45) is 0 Å². The summed E-state index contributed by atoms with van der Waals surface area (Å²) in [6, 6.07) is 14.4. The molecule has 0 aliphatic carbocycles.